The summed E-state index contributed by atoms with van der Waals surface area (Å²) in [4.78, 5) is 11.9. The van der Waals surface area contributed by atoms with Gasteiger partial charge in [-0.25, -0.2) is 0 Å². The lowest BCUT2D eigenvalue weighted by atomic mass is 10.1. The fourth-order valence-corrected chi connectivity index (χ4v) is 2.40. The van der Waals surface area contributed by atoms with Crippen LogP contribution in [0, 0.1) is 0 Å². The average Bonchev–Trinajstić information content (AvgIpc) is 2.26. The van der Waals surface area contributed by atoms with Crippen molar-refractivity contribution in [3.63, 3.8) is 0 Å². The molecule has 0 aliphatic rings. The highest BCUT2D eigenvalue weighted by Gasteiger charge is 2.40. The lowest BCUT2D eigenvalue weighted by Gasteiger charge is -2.35. The average molecular weight is 279 g/mol. The summed E-state index contributed by atoms with van der Waals surface area (Å²) in [6, 6.07) is 7.62. The van der Waals surface area contributed by atoms with E-state index in [2.05, 4.69) is 33.9 Å². The van der Waals surface area contributed by atoms with Gasteiger partial charge in [0.2, 0.25) is 0 Å². The number of carbonyl (C=O) groups is 1. The van der Waals surface area contributed by atoms with Gasteiger partial charge in [0.1, 0.15) is 0 Å². The number of benzene rings is 1. The second-order valence-electron chi connectivity index (χ2n) is 6.48. The minimum absolute atomic E-state index is 0.0594. The maximum atomic E-state index is 11.9. The molecule has 0 fully saturated rings. The largest absolute Gasteiger partial charge is 0.519 e. The van der Waals surface area contributed by atoms with Gasteiger partial charge in [-0.1, -0.05) is 32.9 Å². The first-order chi connectivity index (χ1) is 8.62. The van der Waals surface area contributed by atoms with E-state index in [4.69, 9.17) is 10.2 Å². The molecule has 0 radical (unpaired) electrons. The van der Waals surface area contributed by atoms with Gasteiger partial charge in [0.15, 0.2) is 0 Å². The van der Waals surface area contributed by atoms with Crippen LogP contribution in [-0.2, 0) is 15.6 Å². The Labute approximate surface area is 117 Å². The Hall–Kier alpha value is -1.29. The van der Waals surface area contributed by atoms with Crippen LogP contribution in [0.3, 0.4) is 0 Å². The standard InChI is InChI=1S/C15H25NO2Si/c1-15(2,3)19(4,5)18-14(17)11-8-12-6-9-13(16)10-7-12/h6-7,9-10H,8,11,16H2,1-5H3. The van der Waals surface area contributed by atoms with E-state index in [1.165, 1.54) is 0 Å². The molecule has 0 aliphatic heterocycles. The summed E-state index contributed by atoms with van der Waals surface area (Å²) in [5, 5.41) is 0.0594. The van der Waals surface area contributed by atoms with E-state index in [9.17, 15) is 4.79 Å². The number of hydrogen-bond acceptors (Lipinski definition) is 3. The summed E-state index contributed by atoms with van der Waals surface area (Å²) < 4.78 is 5.72. The van der Waals surface area contributed by atoms with Crippen LogP contribution in [0.15, 0.2) is 24.3 Å². The summed E-state index contributed by atoms with van der Waals surface area (Å²) >= 11 is 0. The molecule has 0 bridgehead atoms. The second-order valence-corrected chi connectivity index (χ2v) is 11.2. The van der Waals surface area contributed by atoms with Gasteiger partial charge in [-0.15, -0.1) is 0 Å². The molecular formula is C15H25NO2Si. The van der Waals surface area contributed by atoms with Crippen LogP contribution < -0.4 is 5.73 Å². The molecule has 0 amide bonds. The van der Waals surface area contributed by atoms with E-state index in [1.807, 2.05) is 24.3 Å². The first-order valence-electron chi connectivity index (χ1n) is 6.68. The Kier molecular flexibility index (Phi) is 4.79. The summed E-state index contributed by atoms with van der Waals surface area (Å²) in [6.45, 7) is 10.6. The molecule has 0 saturated carbocycles. The molecule has 19 heavy (non-hydrogen) atoms. The van der Waals surface area contributed by atoms with Crippen LogP contribution in [0.2, 0.25) is 18.1 Å². The number of nitrogens with two attached hydrogens (primary N) is 1. The number of anilines is 1. The van der Waals surface area contributed by atoms with E-state index in [0.717, 1.165) is 11.3 Å². The van der Waals surface area contributed by atoms with E-state index in [1.54, 1.807) is 0 Å². The van der Waals surface area contributed by atoms with Gasteiger partial charge in [0, 0.05) is 12.1 Å². The summed E-state index contributed by atoms with van der Waals surface area (Å²) in [5.74, 6) is -0.0941. The summed E-state index contributed by atoms with van der Waals surface area (Å²) in [6.07, 6.45) is 1.13. The molecule has 0 heterocycles. The normalized spacial score (nSPS) is 12.3. The van der Waals surface area contributed by atoms with Gasteiger partial charge < -0.3 is 10.2 Å². The first-order valence-corrected chi connectivity index (χ1v) is 9.59. The molecule has 0 aliphatic carbocycles. The Morgan fingerprint density at radius 3 is 2.21 bits per heavy atom. The molecule has 106 valence electrons. The maximum absolute atomic E-state index is 11.9. The van der Waals surface area contributed by atoms with E-state index >= 15 is 0 Å². The highest BCUT2D eigenvalue weighted by Crippen LogP contribution is 2.36. The van der Waals surface area contributed by atoms with E-state index in [-0.39, 0.29) is 11.0 Å². The first kappa shape index (κ1) is 15.8. The van der Waals surface area contributed by atoms with Crippen LogP contribution in [0.4, 0.5) is 5.69 Å². The Balaban J connectivity index is 2.51. The van der Waals surface area contributed by atoms with E-state index in [0.29, 0.717) is 12.8 Å². The number of nitrogen functional groups attached to an aromatic ring is 1. The molecule has 1 aromatic carbocycles. The van der Waals surface area contributed by atoms with Gasteiger partial charge in [-0.3, -0.25) is 4.79 Å². The van der Waals surface area contributed by atoms with Gasteiger partial charge >= 0.3 is 0 Å². The van der Waals surface area contributed by atoms with Crippen LogP contribution in [-0.4, -0.2) is 14.3 Å². The van der Waals surface area contributed by atoms with Gasteiger partial charge in [0.05, 0.1) is 0 Å². The summed E-state index contributed by atoms with van der Waals surface area (Å²) in [7, 11) is -1.98. The molecule has 1 aromatic rings. The van der Waals surface area contributed by atoms with Gasteiger partial charge in [0.25, 0.3) is 14.3 Å². The van der Waals surface area contributed by atoms with Crippen molar-refractivity contribution >= 4 is 20.0 Å². The van der Waals surface area contributed by atoms with Crippen molar-refractivity contribution in [3.8, 4) is 0 Å². The third-order valence-corrected chi connectivity index (χ3v) is 8.12. The number of carbonyl (C=O) groups excluding carboxylic acids is 1. The van der Waals surface area contributed by atoms with Crippen LogP contribution in [0.5, 0.6) is 0 Å². The van der Waals surface area contributed by atoms with Crippen molar-refractivity contribution in [1.29, 1.82) is 0 Å². The van der Waals surface area contributed by atoms with Crippen molar-refractivity contribution in [2.45, 2.75) is 51.7 Å². The molecule has 0 spiro atoms. The zero-order valence-electron chi connectivity index (χ0n) is 12.6. The minimum Gasteiger partial charge on any atom is -0.519 e. The Morgan fingerprint density at radius 2 is 1.74 bits per heavy atom. The van der Waals surface area contributed by atoms with Crippen molar-refractivity contribution in [2.24, 2.45) is 0 Å². The molecule has 0 saturated heterocycles. The summed E-state index contributed by atoms with van der Waals surface area (Å²) in [5.41, 5.74) is 7.48. The fraction of sp³-hybridized carbons (Fsp3) is 0.533. The molecule has 2 N–H and O–H groups in total. The zero-order chi connectivity index (χ0) is 14.7. The van der Waals surface area contributed by atoms with Gasteiger partial charge in [-0.2, -0.15) is 0 Å². The smallest absolute Gasteiger partial charge is 0.292 e. The monoisotopic (exact) mass is 279 g/mol. The SMILES string of the molecule is CC(C)(C)[Si](C)(C)OC(=O)CCc1ccc(N)cc1. The second kappa shape index (κ2) is 5.78. The van der Waals surface area contributed by atoms with Crippen LogP contribution in [0.1, 0.15) is 32.8 Å². The van der Waals surface area contributed by atoms with Crippen LogP contribution in [0.25, 0.3) is 0 Å². The minimum atomic E-state index is -1.98. The lowest BCUT2D eigenvalue weighted by Crippen LogP contribution is -2.42. The topological polar surface area (TPSA) is 52.3 Å². The molecular weight excluding hydrogens is 254 g/mol. The molecule has 4 heteroatoms. The molecule has 0 unspecified atom stereocenters. The quantitative estimate of drug-likeness (QED) is 0.674. The molecule has 0 aromatic heterocycles. The Morgan fingerprint density at radius 1 is 1.21 bits per heavy atom. The van der Waals surface area contributed by atoms with Crippen molar-refractivity contribution in [2.75, 3.05) is 5.73 Å². The number of aryl methyl sites for hydroxylation is 1. The van der Waals surface area contributed by atoms with Crippen LogP contribution >= 0.6 is 0 Å². The molecule has 0 atom stereocenters. The maximum Gasteiger partial charge on any atom is 0.292 e. The highest BCUT2D eigenvalue weighted by molar-refractivity contribution is 6.75. The fourth-order valence-electron chi connectivity index (χ4n) is 1.42. The number of rotatable bonds is 4. The molecule has 3 nitrogen and oxygen atoms in total. The van der Waals surface area contributed by atoms with Crippen molar-refractivity contribution < 1.29 is 9.22 Å². The van der Waals surface area contributed by atoms with Crippen molar-refractivity contribution in [1.82, 2.24) is 0 Å². The van der Waals surface area contributed by atoms with Crippen molar-refractivity contribution in [3.05, 3.63) is 29.8 Å². The number of hydrogen-bond donors (Lipinski definition) is 1. The highest BCUT2D eigenvalue weighted by atomic mass is 28.4. The predicted octanol–water partition coefficient (Wildman–Crippen LogP) is 3.75. The lowest BCUT2D eigenvalue weighted by molar-refractivity contribution is -0.135. The predicted molar refractivity (Wildman–Crippen MR) is 82.5 cm³/mol. The Bertz CT molecular complexity index is 432. The molecule has 1 rings (SSSR count). The van der Waals surface area contributed by atoms with Gasteiger partial charge in [-0.05, 0) is 42.2 Å². The third kappa shape index (κ3) is 4.71. The zero-order valence-corrected chi connectivity index (χ0v) is 13.6. The third-order valence-electron chi connectivity index (χ3n) is 3.77. The van der Waals surface area contributed by atoms with E-state index < -0.39 is 8.32 Å².